The molecular weight excluding hydrogens is 865 g/mol. The highest BCUT2D eigenvalue weighted by atomic mass is 16.3. The van der Waals surface area contributed by atoms with Crippen molar-refractivity contribution in [1.82, 2.24) is 19.5 Å². The van der Waals surface area contributed by atoms with E-state index in [9.17, 15) is 0 Å². The van der Waals surface area contributed by atoms with E-state index in [1.54, 1.807) is 0 Å². The molecule has 3 aromatic heterocycles. The first kappa shape index (κ1) is 43.8. The van der Waals surface area contributed by atoms with Crippen LogP contribution in [0.25, 0.3) is 106 Å². The van der Waals surface area contributed by atoms with Crippen LogP contribution in [0.5, 0.6) is 0 Å². The maximum atomic E-state index is 7.16. The van der Waals surface area contributed by atoms with Gasteiger partial charge < -0.3 is 8.98 Å². The van der Waals surface area contributed by atoms with E-state index in [4.69, 9.17) is 19.4 Å². The number of para-hydroxylation sites is 2. The van der Waals surface area contributed by atoms with Gasteiger partial charge in [-0.3, -0.25) is 0 Å². The number of fused-ring (bicyclic) bond motifs is 7. The summed E-state index contributed by atoms with van der Waals surface area (Å²) < 4.78 is 9.65. The molecule has 9 aromatic carbocycles. The van der Waals surface area contributed by atoms with Crippen LogP contribution >= 0.6 is 0 Å². The van der Waals surface area contributed by atoms with Crippen molar-refractivity contribution in [2.75, 3.05) is 0 Å². The lowest BCUT2D eigenvalue weighted by Gasteiger charge is -2.23. The minimum absolute atomic E-state index is 0.0140. The Morgan fingerprint density at radius 3 is 1.42 bits per heavy atom. The van der Waals surface area contributed by atoms with Crippen molar-refractivity contribution >= 4 is 43.7 Å². The maximum Gasteiger partial charge on any atom is 0.163 e. The number of aromatic nitrogens is 4. The van der Waals surface area contributed by atoms with Gasteiger partial charge >= 0.3 is 0 Å². The lowest BCUT2D eigenvalue weighted by Crippen LogP contribution is -2.11. The maximum absolute atomic E-state index is 7.16. The zero-order chi connectivity index (χ0) is 48.4. The van der Waals surface area contributed by atoms with Crippen LogP contribution < -0.4 is 0 Å². The first-order valence-corrected chi connectivity index (χ1v) is 24.6. The van der Waals surface area contributed by atoms with Crippen molar-refractivity contribution in [2.24, 2.45) is 0 Å². The molecular formula is C66H54N4O. The third-order valence-corrected chi connectivity index (χ3v) is 14.0. The quantitative estimate of drug-likeness (QED) is 0.152. The van der Waals surface area contributed by atoms with Crippen molar-refractivity contribution in [3.8, 4) is 61.8 Å². The molecule has 0 amide bonds. The van der Waals surface area contributed by atoms with Crippen LogP contribution in [0.4, 0.5) is 0 Å². The van der Waals surface area contributed by atoms with E-state index in [1.165, 1.54) is 11.1 Å². The molecule has 0 spiro atoms. The number of rotatable bonds is 8. The Hall–Kier alpha value is -8.41. The van der Waals surface area contributed by atoms with Crippen molar-refractivity contribution < 1.29 is 4.42 Å². The fraction of sp³-hybridized carbons (Fsp3) is 0.136. The summed E-state index contributed by atoms with van der Waals surface area (Å²) >= 11 is 0. The number of nitrogens with zero attached hydrogens (tertiary/aromatic N) is 4. The van der Waals surface area contributed by atoms with Crippen molar-refractivity contribution in [1.29, 1.82) is 0 Å². The summed E-state index contributed by atoms with van der Waals surface area (Å²) in [7, 11) is 0. The van der Waals surface area contributed by atoms with Gasteiger partial charge in [0.15, 0.2) is 11.6 Å². The molecule has 12 rings (SSSR count). The summed E-state index contributed by atoms with van der Waals surface area (Å²) in [5, 5.41) is 4.43. The smallest absolute Gasteiger partial charge is 0.163 e. The van der Waals surface area contributed by atoms with Gasteiger partial charge in [-0.05, 0) is 74.5 Å². The van der Waals surface area contributed by atoms with E-state index in [0.717, 1.165) is 99.5 Å². The molecule has 0 N–H and O–H groups in total. The second-order valence-corrected chi connectivity index (χ2v) is 20.8. The first-order chi connectivity index (χ1) is 34.5. The fourth-order valence-electron chi connectivity index (χ4n) is 10.3. The fourth-order valence-corrected chi connectivity index (χ4v) is 10.3. The van der Waals surface area contributed by atoms with E-state index in [1.807, 2.05) is 36.4 Å². The molecule has 0 atom stereocenters. The Kier molecular flexibility index (Phi) is 10.6. The van der Waals surface area contributed by atoms with Crippen LogP contribution in [0.15, 0.2) is 211 Å². The van der Waals surface area contributed by atoms with E-state index in [-0.39, 0.29) is 10.8 Å². The van der Waals surface area contributed by atoms with Crippen LogP contribution in [0.2, 0.25) is 0 Å². The minimum Gasteiger partial charge on any atom is -0.455 e. The summed E-state index contributed by atoms with van der Waals surface area (Å²) in [4.78, 5) is 15.4. The number of furan rings is 1. The highest BCUT2D eigenvalue weighted by Gasteiger charge is 2.26. The second-order valence-electron chi connectivity index (χ2n) is 20.8. The topological polar surface area (TPSA) is 56.7 Å². The summed E-state index contributed by atoms with van der Waals surface area (Å²) in [6, 6.07) is 74.0. The Balaban J connectivity index is 1.15. The van der Waals surface area contributed by atoms with Gasteiger partial charge in [-0.25, -0.2) is 15.0 Å². The summed E-state index contributed by atoms with van der Waals surface area (Å²) in [6.07, 6.45) is 0.485. The number of hydrogen-bond acceptors (Lipinski definition) is 4. The van der Waals surface area contributed by atoms with Crippen molar-refractivity contribution in [2.45, 2.75) is 58.8 Å². The van der Waals surface area contributed by atoms with Gasteiger partial charge in [0.05, 0.1) is 22.1 Å². The van der Waals surface area contributed by atoms with Gasteiger partial charge in [-0.1, -0.05) is 217 Å². The Labute approximate surface area is 415 Å². The molecule has 0 radical (unpaired) electrons. The Morgan fingerprint density at radius 2 is 0.873 bits per heavy atom. The average Bonchev–Trinajstić information content (AvgIpc) is 3.95. The molecule has 0 aliphatic heterocycles. The number of benzene rings is 9. The van der Waals surface area contributed by atoms with E-state index in [2.05, 4.69) is 216 Å². The molecule has 0 aliphatic carbocycles. The number of hydrogen-bond donors (Lipinski definition) is 0. The molecule has 0 aliphatic rings. The molecule has 5 heteroatoms. The largest absolute Gasteiger partial charge is 0.455 e. The SMILES string of the molecule is CC(C)(C)c1ccc(-c2cc(Cc3nc(-c4ccccc4)nc(-c4ccccc4)n3)cc(-c3ccc(C(C)(C)C)cc3)c2-n2c3ccccc3c3c4oc5c(-c6ccccc6)cccc5c4ccc32)cc1. The summed E-state index contributed by atoms with van der Waals surface area (Å²) in [5.41, 5.74) is 17.2. The molecule has 5 nitrogen and oxygen atoms in total. The molecule has 344 valence electrons. The second kappa shape index (κ2) is 17.2. The van der Waals surface area contributed by atoms with Gasteiger partial charge in [-0.2, -0.15) is 0 Å². The highest BCUT2D eigenvalue weighted by molar-refractivity contribution is 6.25. The molecule has 0 fully saturated rings. The molecule has 71 heavy (non-hydrogen) atoms. The third kappa shape index (κ3) is 7.98. The third-order valence-electron chi connectivity index (χ3n) is 14.0. The minimum atomic E-state index is -0.0140. The van der Waals surface area contributed by atoms with E-state index < -0.39 is 0 Å². The Morgan fingerprint density at radius 1 is 0.394 bits per heavy atom. The standard InChI is InChI=1S/C66H54N4O/c1-65(2,3)48-33-29-44(30-34-48)54-39-42(41-58-67-63(46-21-12-8-13-22-46)69-64(68-58)47-23-14-9-15-24-47)40-55(45-31-35-49(36-32-45)66(4,5)6)60(54)70-56-28-17-16-25-53(56)59-57(70)38-37-52-51-27-18-26-50(61(51)71-62(52)59)43-19-10-7-11-20-43/h7-40H,41H2,1-6H3. The molecule has 0 saturated carbocycles. The van der Waals surface area contributed by atoms with E-state index >= 15 is 0 Å². The van der Waals surface area contributed by atoms with Crippen LogP contribution in [-0.2, 0) is 17.3 Å². The summed E-state index contributed by atoms with van der Waals surface area (Å²) in [6.45, 7) is 13.6. The highest BCUT2D eigenvalue weighted by Crippen LogP contribution is 2.47. The van der Waals surface area contributed by atoms with Crippen LogP contribution in [0, 0.1) is 0 Å². The zero-order valence-electron chi connectivity index (χ0n) is 41.0. The Bertz CT molecular complexity index is 3790. The average molecular weight is 919 g/mol. The van der Waals surface area contributed by atoms with Gasteiger partial charge in [-0.15, -0.1) is 0 Å². The van der Waals surface area contributed by atoms with Gasteiger partial charge in [0.1, 0.15) is 17.0 Å². The predicted molar refractivity (Wildman–Crippen MR) is 295 cm³/mol. The van der Waals surface area contributed by atoms with Crippen LogP contribution in [0.1, 0.15) is 64.1 Å². The van der Waals surface area contributed by atoms with Crippen LogP contribution in [0.3, 0.4) is 0 Å². The molecule has 0 saturated heterocycles. The van der Waals surface area contributed by atoms with Gasteiger partial charge in [0.2, 0.25) is 0 Å². The van der Waals surface area contributed by atoms with E-state index in [0.29, 0.717) is 23.9 Å². The zero-order valence-corrected chi connectivity index (χ0v) is 41.0. The van der Waals surface area contributed by atoms with Gasteiger partial charge in [0.25, 0.3) is 0 Å². The molecule has 0 bridgehead atoms. The lowest BCUT2D eigenvalue weighted by molar-refractivity contribution is 0.590. The van der Waals surface area contributed by atoms with Crippen molar-refractivity contribution in [3.63, 3.8) is 0 Å². The monoisotopic (exact) mass is 918 g/mol. The lowest BCUT2D eigenvalue weighted by atomic mass is 9.84. The van der Waals surface area contributed by atoms with Crippen LogP contribution in [-0.4, -0.2) is 19.5 Å². The van der Waals surface area contributed by atoms with Gasteiger partial charge in [0, 0.05) is 50.4 Å². The molecule has 0 unspecified atom stereocenters. The summed E-state index contributed by atoms with van der Waals surface area (Å²) in [5.74, 6) is 2.01. The predicted octanol–water partition coefficient (Wildman–Crippen LogP) is 17.4. The normalized spacial score (nSPS) is 12.1. The first-order valence-electron chi connectivity index (χ1n) is 24.6. The van der Waals surface area contributed by atoms with Crippen molar-refractivity contribution in [3.05, 3.63) is 229 Å². The molecule has 12 aromatic rings. The molecule has 3 heterocycles.